The second-order valence-electron chi connectivity index (χ2n) is 5.12. The Balaban J connectivity index is 2.30. The average Bonchev–Trinajstić information content (AvgIpc) is 2.38. The zero-order valence-corrected chi connectivity index (χ0v) is 12.4. The van der Waals surface area contributed by atoms with Crippen molar-refractivity contribution in [3.05, 3.63) is 64.7 Å². The fraction of sp³-hybridized carbons (Fsp3) is 0.167. The first-order valence-corrected chi connectivity index (χ1v) is 6.72. The number of benzene rings is 2. The van der Waals surface area contributed by atoms with Crippen LogP contribution in [0.15, 0.2) is 42.5 Å². The Bertz CT molecular complexity index is 679. The lowest BCUT2D eigenvalue weighted by atomic mass is 10.1. The van der Waals surface area contributed by atoms with Crippen molar-refractivity contribution in [3.63, 3.8) is 0 Å². The van der Waals surface area contributed by atoms with E-state index in [0.717, 1.165) is 39.8 Å². The van der Waals surface area contributed by atoms with Crippen molar-refractivity contribution in [3.8, 4) is 11.5 Å². The third kappa shape index (κ3) is 4.21. The number of carboxylic acids is 1. The Hall–Kier alpha value is -2.55. The molecule has 0 unspecified atom stereocenters. The predicted molar refractivity (Wildman–Crippen MR) is 83.8 cm³/mol. The first kappa shape index (κ1) is 14.9. The quantitative estimate of drug-likeness (QED) is 0.840. The Morgan fingerprint density at radius 2 is 1.71 bits per heavy atom. The highest BCUT2D eigenvalue weighted by Gasteiger charge is 2.04. The number of hydrogen-bond donors (Lipinski definition) is 1. The maximum atomic E-state index is 10.6. The van der Waals surface area contributed by atoms with Crippen molar-refractivity contribution < 1.29 is 14.6 Å². The average molecular weight is 282 g/mol. The summed E-state index contributed by atoms with van der Waals surface area (Å²) in [6, 6.07) is 11.7. The second kappa shape index (κ2) is 6.27. The van der Waals surface area contributed by atoms with Crippen LogP contribution < -0.4 is 4.74 Å². The first-order chi connectivity index (χ1) is 9.94. The number of aliphatic carboxylic acids is 1. The molecule has 2 aromatic carbocycles. The lowest BCUT2D eigenvalue weighted by Crippen LogP contribution is -1.91. The van der Waals surface area contributed by atoms with Gasteiger partial charge >= 0.3 is 5.97 Å². The summed E-state index contributed by atoms with van der Waals surface area (Å²) < 4.78 is 5.94. The van der Waals surface area contributed by atoms with Gasteiger partial charge in [0.15, 0.2) is 0 Å². The maximum Gasteiger partial charge on any atom is 0.328 e. The van der Waals surface area contributed by atoms with E-state index in [0.29, 0.717) is 0 Å². The molecule has 0 fully saturated rings. The van der Waals surface area contributed by atoms with Crippen molar-refractivity contribution in [2.24, 2.45) is 0 Å². The predicted octanol–water partition coefficient (Wildman–Crippen LogP) is 4.50. The van der Waals surface area contributed by atoms with Crippen molar-refractivity contribution in [1.82, 2.24) is 0 Å². The van der Waals surface area contributed by atoms with Gasteiger partial charge in [0.2, 0.25) is 0 Å². The molecule has 2 rings (SSSR count). The molecule has 0 spiro atoms. The van der Waals surface area contributed by atoms with Gasteiger partial charge < -0.3 is 9.84 Å². The summed E-state index contributed by atoms with van der Waals surface area (Å²) in [5.41, 5.74) is 4.08. The van der Waals surface area contributed by atoms with Crippen LogP contribution >= 0.6 is 0 Å². The van der Waals surface area contributed by atoms with Crippen molar-refractivity contribution in [2.45, 2.75) is 20.8 Å². The van der Waals surface area contributed by atoms with Gasteiger partial charge in [-0.15, -0.1) is 0 Å². The Labute approximate surface area is 124 Å². The molecule has 0 saturated heterocycles. The van der Waals surface area contributed by atoms with Crippen LogP contribution in [0.5, 0.6) is 11.5 Å². The van der Waals surface area contributed by atoms with Gasteiger partial charge in [-0.2, -0.15) is 0 Å². The molecule has 1 N–H and O–H groups in total. The monoisotopic (exact) mass is 282 g/mol. The molecule has 0 aliphatic rings. The lowest BCUT2D eigenvalue weighted by molar-refractivity contribution is -0.131. The van der Waals surface area contributed by atoms with E-state index in [9.17, 15) is 4.79 Å². The largest absolute Gasteiger partial charge is 0.478 e. The Morgan fingerprint density at radius 1 is 1.05 bits per heavy atom. The van der Waals surface area contributed by atoms with E-state index in [1.54, 1.807) is 6.08 Å². The normalized spacial score (nSPS) is 10.8. The molecule has 0 amide bonds. The highest BCUT2D eigenvalue weighted by molar-refractivity contribution is 5.85. The molecule has 0 aliphatic heterocycles. The lowest BCUT2D eigenvalue weighted by Gasteiger charge is -2.11. The van der Waals surface area contributed by atoms with Crippen LogP contribution in [-0.4, -0.2) is 11.1 Å². The molecular formula is C18H18O3. The molecule has 21 heavy (non-hydrogen) atoms. The third-order valence-electron chi connectivity index (χ3n) is 3.05. The minimum Gasteiger partial charge on any atom is -0.478 e. The van der Waals surface area contributed by atoms with E-state index in [4.69, 9.17) is 9.84 Å². The summed E-state index contributed by atoms with van der Waals surface area (Å²) in [6.07, 6.45) is 2.67. The van der Waals surface area contributed by atoms with Gasteiger partial charge in [0.25, 0.3) is 0 Å². The zero-order valence-electron chi connectivity index (χ0n) is 12.4. The van der Waals surface area contributed by atoms with E-state index in [1.807, 2.05) is 51.1 Å². The smallest absolute Gasteiger partial charge is 0.328 e. The van der Waals surface area contributed by atoms with Gasteiger partial charge in [-0.3, -0.25) is 0 Å². The molecule has 3 nitrogen and oxygen atoms in total. The molecule has 108 valence electrons. The molecule has 0 heterocycles. The zero-order chi connectivity index (χ0) is 15.4. The van der Waals surface area contributed by atoms with Crippen LogP contribution in [0.2, 0.25) is 0 Å². The highest BCUT2D eigenvalue weighted by atomic mass is 16.5. The topological polar surface area (TPSA) is 46.5 Å². The van der Waals surface area contributed by atoms with Gasteiger partial charge in [0, 0.05) is 6.08 Å². The SMILES string of the molecule is Cc1cc(C)cc(Oc2cc(/C=C/C(=O)O)ccc2C)c1. The third-order valence-corrected chi connectivity index (χ3v) is 3.05. The number of rotatable bonds is 4. The van der Waals surface area contributed by atoms with E-state index < -0.39 is 5.97 Å². The summed E-state index contributed by atoms with van der Waals surface area (Å²) in [6.45, 7) is 6.01. The molecule has 0 atom stereocenters. The minimum absolute atomic E-state index is 0.729. The summed E-state index contributed by atoms with van der Waals surface area (Å²) in [4.78, 5) is 10.6. The molecule has 0 aromatic heterocycles. The molecule has 0 radical (unpaired) electrons. The minimum atomic E-state index is -0.965. The number of carbonyl (C=O) groups is 1. The summed E-state index contributed by atoms with van der Waals surface area (Å²) in [5.74, 6) is 0.551. The van der Waals surface area contributed by atoms with E-state index in [-0.39, 0.29) is 0 Å². The fourth-order valence-electron chi connectivity index (χ4n) is 2.12. The molecule has 0 bridgehead atoms. The van der Waals surface area contributed by atoms with Gasteiger partial charge in [0.1, 0.15) is 11.5 Å². The molecule has 0 aliphatic carbocycles. The summed E-state index contributed by atoms with van der Waals surface area (Å²) >= 11 is 0. The van der Waals surface area contributed by atoms with Crippen LogP contribution in [0.3, 0.4) is 0 Å². The van der Waals surface area contributed by atoms with Crippen molar-refractivity contribution in [1.29, 1.82) is 0 Å². The van der Waals surface area contributed by atoms with Gasteiger partial charge in [-0.1, -0.05) is 18.2 Å². The van der Waals surface area contributed by atoms with Gasteiger partial charge in [-0.05, 0) is 67.3 Å². The molecule has 2 aromatic rings. The second-order valence-corrected chi connectivity index (χ2v) is 5.12. The summed E-state index contributed by atoms with van der Waals surface area (Å²) in [5, 5.41) is 8.68. The van der Waals surface area contributed by atoms with E-state index in [1.165, 1.54) is 0 Å². The first-order valence-electron chi connectivity index (χ1n) is 6.72. The van der Waals surface area contributed by atoms with Crippen molar-refractivity contribution in [2.75, 3.05) is 0 Å². The number of aryl methyl sites for hydroxylation is 3. The number of carboxylic acid groups (broad SMARTS) is 1. The molecule has 3 heteroatoms. The Kier molecular flexibility index (Phi) is 4.43. The van der Waals surface area contributed by atoms with Crippen LogP contribution in [0, 0.1) is 20.8 Å². The van der Waals surface area contributed by atoms with Crippen LogP contribution in [0.25, 0.3) is 6.08 Å². The Morgan fingerprint density at radius 3 is 2.33 bits per heavy atom. The van der Waals surface area contributed by atoms with E-state index >= 15 is 0 Å². The van der Waals surface area contributed by atoms with Gasteiger partial charge in [0.05, 0.1) is 0 Å². The van der Waals surface area contributed by atoms with E-state index in [2.05, 4.69) is 6.07 Å². The molecule has 0 saturated carbocycles. The van der Waals surface area contributed by atoms with Gasteiger partial charge in [-0.25, -0.2) is 4.79 Å². The highest BCUT2D eigenvalue weighted by Crippen LogP contribution is 2.28. The van der Waals surface area contributed by atoms with Crippen molar-refractivity contribution >= 4 is 12.0 Å². The number of hydrogen-bond acceptors (Lipinski definition) is 2. The number of ether oxygens (including phenoxy) is 1. The molecular weight excluding hydrogens is 264 g/mol. The standard InChI is InChI=1S/C18H18O3/c1-12-8-13(2)10-16(9-12)21-17-11-15(5-4-14(17)3)6-7-18(19)20/h4-11H,1-3H3,(H,19,20)/b7-6+. The summed E-state index contributed by atoms with van der Waals surface area (Å²) in [7, 11) is 0. The maximum absolute atomic E-state index is 10.6. The van der Waals surface area contributed by atoms with Crippen LogP contribution in [0.4, 0.5) is 0 Å². The van der Waals surface area contributed by atoms with Crippen LogP contribution in [-0.2, 0) is 4.79 Å². The van der Waals surface area contributed by atoms with Crippen LogP contribution in [0.1, 0.15) is 22.3 Å². The fourth-order valence-corrected chi connectivity index (χ4v) is 2.12.